The summed E-state index contributed by atoms with van der Waals surface area (Å²) in [6, 6.07) is 6.86. The molecule has 0 amide bonds. The van der Waals surface area contributed by atoms with Gasteiger partial charge >= 0.3 is 0 Å². The molecular weight excluding hydrogens is 483 g/mol. The highest BCUT2D eigenvalue weighted by molar-refractivity contribution is 5.86. The molecule has 0 unspecified atom stereocenters. The number of nitrogens with zero attached hydrogens (tertiary/aromatic N) is 4. The number of piperidine rings is 1. The quantitative estimate of drug-likeness (QED) is 0.389. The van der Waals surface area contributed by atoms with E-state index in [2.05, 4.69) is 47.3 Å². The number of nitriles is 1. The van der Waals surface area contributed by atoms with Crippen molar-refractivity contribution in [2.24, 2.45) is 17.3 Å². The Morgan fingerprint density at radius 2 is 1.89 bits per heavy atom. The number of halogens is 2. The van der Waals surface area contributed by atoms with Crippen molar-refractivity contribution < 1.29 is 9.26 Å². The molecule has 0 spiro atoms. The Kier molecular flexibility index (Phi) is 9.74. The van der Waals surface area contributed by atoms with Crippen LogP contribution >= 0.6 is 24.8 Å². The number of likely N-dealkylation sites (tertiary alicyclic amines) is 1. The van der Waals surface area contributed by atoms with Crippen molar-refractivity contribution in [1.29, 1.82) is 5.26 Å². The summed E-state index contributed by atoms with van der Waals surface area (Å²) in [5.41, 5.74) is 3.05. The number of rotatable bonds is 10. The molecule has 3 aliphatic rings. The minimum absolute atomic E-state index is 0. The second-order valence-electron chi connectivity index (χ2n) is 11.0. The van der Waals surface area contributed by atoms with E-state index in [1.54, 1.807) is 0 Å². The molecule has 0 bridgehead atoms. The van der Waals surface area contributed by atoms with Crippen molar-refractivity contribution in [2.45, 2.75) is 64.3 Å². The fraction of sp³-hybridized carbons (Fsp3) is 0.704. The fourth-order valence-electron chi connectivity index (χ4n) is 5.48. The van der Waals surface area contributed by atoms with Crippen LogP contribution in [0, 0.1) is 28.6 Å². The number of hydrogen-bond donors (Lipinski definition) is 0. The number of benzene rings is 1. The number of fused-ring (bicyclic) bond motifs is 1. The van der Waals surface area contributed by atoms with Gasteiger partial charge in [-0.2, -0.15) is 5.26 Å². The second kappa shape index (κ2) is 12.1. The van der Waals surface area contributed by atoms with Crippen molar-refractivity contribution in [3.05, 3.63) is 23.4 Å². The van der Waals surface area contributed by atoms with Crippen LogP contribution in [0.5, 0.6) is 5.75 Å². The highest BCUT2D eigenvalue weighted by atomic mass is 35.5. The molecule has 0 radical (unpaired) electrons. The summed E-state index contributed by atoms with van der Waals surface area (Å²) < 4.78 is 12.1. The fourth-order valence-corrected chi connectivity index (χ4v) is 5.48. The summed E-state index contributed by atoms with van der Waals surface area (Å²) in [5.74, 6) is 2.40. The van der Waals surface area contributed by atoms with Gasteiger partial charge in [-0.3, -0.25) is 0 Å². The van der Waals surface area contributed by atoms with E-state index in [0.29, 0.717) is 0 Å². The maximum atomic E-state index is 9.53. The number of hydrogen-bond acceptors (Lipinski definition) is 6. The van der Waals surface area contributed by atoms with E-state index in [9.17, 15) is 5.26 Å². The average Bonchev–Trinajstić information content (AvgIpc) is 3.53. The van der Waals surface area contributed by atoms with Crippen LogP contribution in [0.3, 0.4) is 0 Å². The van der Waals surface area contributed by atoms with Gasteiger partial charge in [0.1, 0.15) is 5.75 Å². The summed E-state index contributed by atoms with van der Waals surface area (Å²) >= 11 is 0. The SMILES string of the molecule is CN(C)Cc1c(OCC2CC2)ccc2c(CCC3CCN(CC4(C#N)CCC4)CC3)noc12.Cl.Cl. The Labute approximate surface area is 222 Å². The number of ether oxygens (including phenoxy) is 1. The largest absolute Gasteiger partial charge is 0.493 e. The third-order valence-corrected chi connectivity index (χ3v) is 7.99. The first kappa shape index (κ1) is 28.1. The topological polar surface area (TPSA) is 65.5 Å². The van der Waals surface area contributed by atoms with Gasteiger partial charge in [0.2, 0.25) is 0 Å². The van der Waals surface area contributed by atoms with Gasteiger partial charge < -0.3 is 19.1 Å². The van der Waals surface area contributed by atoms with E-state index in [-0.39, 0.29) is 30.2 Å². The first-order valence-corrected chi connectivity index (χ1v) is 12.9. The van der Waals surface area contributed by atoms with Gasteiger partial charge in [-0.1, -0.05) is 11.6 Å². The Balaban J connectivity index is 0.00000171. The van der Waals surface area contributed by atoms with Gasteiger partial charge in [-0.05, 0) is 103 Å². The molecule has 5 rings (SSSR count). The van der Waals surface area contributed by atoms with E-state index < -0.39 is 0 Å². The van der Waals surface area contributed by atoms with Crippen LogP contribution in [0.1, 0.15) is 62.6 Å². The van der Waals surface area contributed by atoms with Crippen molar-refractivity contribution in [2.75, 3.05) is 40.3 Å². The maximum Gasteiger partial charge on any atom is 0.175 e. The average molecular weight is 524 g/mol. The summed E-state index contributed by atoms with van der Waals surface area (Å²) in [7, 11) is 4.16. The van der Waals surface area contributed by atoms with E-state index in [1.165, 1.54) is 32.1 Å². The Bertz CT molecular complexity index is 1000. The zero-order valence-corrected chi connectivity index (χ0v) is 22.8. The zero-order chi connectivity index (χ0) is 22.8. The van der Waals surface area contributed by atoms with Crippen LogP contribution < -0.4 is 4.74 Å². The molecule has 2 aromatic rings. The van der Waals surface area contributed by atoms with Gasteiger partial charge in [-0.15, -0.1) is 24.8 Å². The molecule has 35 heavy (non-hydrogen) atoms. The first-order chi connectivity index (χ1) is 16.0. The monoisotopic (exact) mass is 522 g/mol. The Morgan fingerprint density at radius 3 is 2.49 bits per heavy atom. The predicted octanol–water partition coefficient (Wildman–Crippen LogP) is 5.86. The molecule has 2 saturated carbocycles. The standard InChI is InChI=1S/C27H38N4O2.2ClH/c1-30(2)16-23-25(32-17-21-4-5-21)9-7-22-24(29-33-26(22)23)8-6-20-10-14-31(15-11-20)19-27(18-28)12-3-13-27;;/h7,9,20-21H,3-6,8,10-17,19H2,1-2H3;2*1H. The molecule has 194 valence electrons. The number of aromatic nitrogens is 1. The van der Waals surface area contributed by atoms with Crippen LogP contribution in [-0.4, -0.2) is 55.3 Å². The third kappa shape index (κ3) is 6.63. The lowest BCUT2D eigenvalue weighted by Gasteiger charge is -2.42. The molecule has 8 heteroatoms. The molecule has 1 aromatic carbocycles. The Morgan fingerprint density at radius 1 is 1.14 bits per heavy atom. The highest BCUT2D eigenvalue weighted by Crippen LogP contribution is 2.41. The predicted molar refractivity (Wildman–Crippen MR) is 143 cm³/mol. The maximum absolute atomic E-state index is 9.53. The normalized spacial score (nSPS) is 20.1. The van der Waals surface area contributed by atoms with Gasteiger partial charge in [0, 0.05) is 18.5 Å². The molecule has 6 nitrogen and oxygen atoms in total. The summed E-state index contributed by atoms with van der Waals surface area (Å²) in [4.78, 5) is 4.69. The van der Waals surface area contributed by atoms with Crippen LogP contribution in [0.25, 0.3) is 11.0 Å². The molecule has 2 aliphatic carbocycles. The van der Waals surface area contributed by atoms with Crippen LogP contribution in [0.4, 0.5) is 0 Å². The number of aryl methyl sites for hydroxylation is 1. The second-order valence-corrected chi connectivity index (χ2v) is 11.0. The zero-order valence-electron chi connectivity index (χ0n) is 21.1. The van der Waals surface area contributed by atoms with Gasteiger partial charge in [0.15, 0.2) is 5.58 Å². The summed E-state index contributed by atoms with van der Waals surface area (Å²) in [6.45, 7) is 4.82. The van der Waals surface area contributed by atoms with E-state index in [1.807, 2.05) is 0 Å². The lowest BCUT2D eigenvalue weighted by molar-refractivity contribution is 0.0895. The molecule has 1 saturated heterocycles. The van der Waals surface area contributed by atoms with Crippen molar-refractivity contribution in [3.8, 4) is 11.8 Å². The van der Waals surface area contributed by atoms with E-state index >= 15 is 0 Å². The summed E-state index contributed by atoms with van der Waals surface area (Å²) in [5, 5.41) is 15.2. The van der Waals surface area contributed by atoms with Crippen LogP contribution in [-0.2, 0) is 13.0 Å². The van der Waals surface area contributed by atoms with Gasteiger partial charge in [0.05, 0.1) is 29.3 Å². The Hall–Kier alpha value is -1.52. The molecule has 3 fully saturated rings. The first-order valence-electron chi connectivity index (χ1n) is 12.9. The van der Waals surface area contributed by atoms with Crippen LogP contribution in [0.15, 0.2) is 16.7 Å². The van der Waals surface area contributed by atoms with Crippen molar-refractivity contribution in [1.82, 2.24) is 15.0 Å². The van der Waals surface area contributed by atoms with Gasteiger partial charge in [0.25, 0.3) is 0 Å². The third-order valence-electron chi connectivity index (χ3n) is 7.99. The highest BCUT2D eigenvalue weighted by Gasteiger charge is 2.39. The molecule has 0 N–H and O–H groups in total. The lowest BCUT2D eigenvalue weighted by Crippen LogP contribution is -2.44. The molecule has 1 aromatic heterocycles. The van der Waals surface area contributed by atoms with E-state index in [4.69, 9.17) is 9.26 Å². The summed E-state index contributed by atoms with van der Waals surface area (Å²) in [6.07, 6.45) is 10.5. The smallest absolute Gasteiger partial charge is 0.175 e. The van der Waals surface area contributed by atoms with Crippen molar-refractivity contribution in [3.63, 3.8) is 0 Å². The van der Waals surface area contributed by atoms with Crippen molar-refractivity contribution >= 4 is 35.8 Å². The molecule has 0 atom stereocenters. The van der Waals surface area contributed by atoms with Gasteiger partial charge in [-0.25, -0.2) is 0 Å². The molecular formula is C27H40Cl2N4O2. The van der Waals surface area contributed by atoms with E-state index in [0.717, 1.165) is 98.3 Å². The molecule has 2 heterocycles. The minimum atomic E-state index is -0.0437. The van der Waals surface area contributed by atoms with Crippen LogP contribution in [0.2, 0.25) is 0 Å². The minimum Gasteiger partial charge on any atom is -0.493 e. The lowest BCUT2D eigenvalue weighted by atomic mass is 9.69. The molecule has 1 aliphatic heterocycles.